The Bertz CT molecular complexity index is 210. The zero-order valence-corrected chi connectivity index (χ0v) is 7.55. The minimum Gasteiger partial charge on any atom is -0.451 e. The summed E-state index contributed by atoms with van der Waals surface area (Å²) in [6.45, 7) is 3.40. The summed E-state index contributed by atoms with van der Waals surface area (Å²) >= 11 is 0. The highest BCUT2D eigenvalue weighted by molar-refractivity contribution is 6.05. The Balaban J connectivity index is 2.42. The smallest absolute Gasteiger partial charge is 0.303 e. The van der Waals surface area contributed by atoms with E-state index in [0.717, 1.165) is 12.8 Å². The van der Waals surface area contributed by atoms with Crippen molar-refractivity contribution in [2.45, 2.75) is 45.1 Å². The van der Waals surface area contributed by atoms with Gasteiger partial charge in [-0.3, -0.25) is 9.59 Å². The quantitative estimate of drug-likeness (QED) is 0.600. The van der Waals surface area contributed by atoms with E-state index < -0.39 is 5.60 Å². The molecule has 1 aliphatic carbocycles. The molecule has 0 N–H and O–H groups in total. The number of ether oxygens (including phenoxy) is 1. The summed E-state index contributed by atoms with van der Waals surface area (Å²) < 4.78 is 4.97. The highest BCUT2D eigenvalue weighted by Crippen LogP contribution is 2.39. The van der Waals surface area contributed by atoms with Crippen molar-refractivity contribution in [1.29, 1.82) is 0 Å². The van der Waals surface area contributed by atoms with Gasteiger partial charge in [0, 0.05) is 6.92 Å². The van der Waals surface area contributed by atoms with Crippen LogP contribution in [-0.2, 0) is 14.3 Å². The van der Waals surface area contributed by atoms with Crippen LogP contribution < -0.4 is 0 Å². The van der Waals surface area contributed by atoms with E-state index in [1.807, 2.05) is 6.92 Å². The summed E-state index contributed by atoms with van der Waals surface area (Å²) in [6, 6.07) is 0. The van der Waals surface area contributed by atoms with Crippen LogP contribution in [0.15, 0.2) is 0 Å². The summed E-state index contributed by atoms with van der Waals surface area (Å²) in [5, 5.41) is 0. The predicted octanol–water partition coefficient (Wildman–Crippen LogP) is 1.45. The second-order valence-electron chi connectivity index (χ2n) is 3.29. The van der Waals surface area contributed by atoms with Crippen LogP contribution in [0.5, 0.6) is 0 Å². The van der Waals surface area contributed by atoms with E-state index in [4.69, 9.17) is 4.74 Å². The molecule has 68 valence electrons. The van der Waals surface area contributed by atoms with Gasteiger partial charge >= 0.3 is 5.97 Å². The van der Waals surface area contributed by atoms with Gasteiger partial charge in [0.05, 0.1) is 6.42 Å². The van der Waals surface area contributed by atoms with Crippen LogP contribution in [-0.4, -0.2) is 17.4 Å². The average molecular weight is 170 g/mol. The fraction of sp³-hybridized carbons (Fsp3) is 0.778. The number of carbonyl (C=O) groups is 2. The zero-order valence-electron chi connectivity index (χ0n) is 7.55. The maximum atomic E-state index is 11.0. The first-order valence-corrected chi connectivity index (χ1v) is 4.33. The Hall–Kier alpha value is -0.860. The summed E-state index contributed by atoms with van der Waals surface area (Å²) in [5.74, 6) is -0.275. The molecule has 0 bridgehead atoms. The largest absolute Gasteiger partial charge is 0.451 e. The van der Waals surface area contributed by atoms with Gasteiger partial charge in [-0.05, 0) is 12.8 Å². The van der Waals surface area contributed by atoms with Gasteiger partial charge in [0.2, 0.25) is 0 Å². The first kappa shape index (κ1) is 9.23. The van der Waals surface area contributed by atoms with Gasteiger partial charge in [-0.15, -0.1) is 0 Å². The topological polar surface area (TPSA) is 43.4 Å². The molecule has 1 rings (SSSR count). The first-order valence-electron chi connectivity index (χ1n) is 4.33. The highest BCUT2D eigenvalue weighted by Gasteiger charge is 2.56. The normalized spacial score (nSPS) is 27.0. The molecule has 12 heavy (non-hydrogen) atoms. The summed E-state index contributed by atoms with van der Waals surface area (Å²) in [5.41, 5.74) is -0.707. The molecule has 1 unspecified atom stereocenters. The minimum atomic E-state index is -0.707. The van der Waals surface area contributed by atoms with E-state index >= 15 is 0 Å². The monoisotopic (exact) mass is 170 g/mol. The number of Topliss-reactive ketones (excluding diaryl/α,β-unsaturated/α-hetero) is 1. The Labute approximate surface area is 72.1 Å². The molecule has 0 amide bonds. The molecule has 1 fully saturated rings. The predicted molar refractivity (Wildman–Crippen MR) is 43.6 cm³/mol. The number of rotatable bonds is 4. The summed E-state index contributed by atoms with van der Waals surface area (Å²) in [6.07, 6.45) is 3.09. The number of hydrogen-bond acceptors (Lipinski definition) is 3. The molecule has 0 aromatic carbocycles. The fourth-order valence-electron chi connectivity index (χ4n) is 1.32. The molecular formula is C9H14O3. The second kappa shape index (κ2) is 3.25. The van der Waals surface area contributed by atoms with Gasteiger partial charge in [0.1, 0.15) is 0 Å². The average Bonchev–Trinajstić information content (AvgIpc) is 2.57. The van der Waals surface area contributed by atoms with Gasteiger partial charge < -0.3 is 4.74 Å². The molecule has 0 aromatic heterocycles. The molecule has 0 heterocycles. The SMILES string of the molecule is CCCCC1(OC(C)=O)CC1=O. The molecule has 0 spiro atoms. The van der Waals surface area contributed by atoms with E-state index in [1.165, 1.54) is 6.92 Å². The van der Waals surface area contributed by atoms with Crippen LogP contribution in [0, 0.1) is 0 Å². The molecule has 3 nitrogen and oxygen atoms in total. The second-order valence-corrected chi connectivity index (χ2v) is 3.29. The zero-order chi connectivity index (χ0) is 9.19. The lowest BCUT2D eigenvalue weighted by molar-refractivity contribution is -0.151. The Kier molecular flexibility index (Phi) is 2.50. The van der Waals surface area contributed by atoms with Gasteiger partial charge in [-0.1, -0.05) is 13.3 Å². The van der Waals surface area contributed by atoms with Crippen LogP contribution in [0.4, 0.5) is 0 Å². The van der Waals surface area contributed by atoms with Gasteiger partial charge in [-0.25, -0.2) is 0 Å². The number of unbranched alkanes of at least 4 members (excludes halogenated alkanes) is 1. The Morgan fingerprint density at radius 2 is 2.25 bits per heavy atom. The fourth-order valence-corrected chi connectivity index (χ4v) is 1.32. The van der Waals surface area contributed by atoms with Gasteiger partial charge in [0.15, 0.2) is 11.4 Å². The van der Waals surface area contributed by atoms with Crippen molar-refractivity contribution in [2.24, 2.45) is 0 Å². The molecule has 1 saturated carbocycles. The molecule has 1 atom stereocenters. The van der Waals surface area contributed by atoms with E-state index in [1.54, 1.807) is 0 Å². The number of esters is 1. The van der Waals surface area contributed by atoms with Crippen LogP contribution >= 0.6 is 0 Å². The van der Waals surface area contributed by atoms with Crippen LogP contribution in [0.25, 0.3) is 0 Å². The van der Waals surface area contributed by atoms with E-state index in [-0.39, 0.29) is 11.8 Å². The molecule has 0 radical (unpaired) electrons. The number of carbonyl (C=O) groups excluding carboxylic acids is 2. The van der Waals surface area contributed by atoms with Crippen molar-refractivity contribution >= 4 is 11.8 Å². The van der Waals surface area contributed by atoms with Gasteiger partial charge in [0.25, 0.3) is 0 Å². The molecule has 0 aromatic rings. The number of hydrogen-bond donors (Lipinski definition) is 0. The van der Waals surface area contributed by atoms with Crippen LogP contribution in [0.2, 0.25) is 0 Å². The maximum absolute atomic E-state index is 11.0. The van der Waals surface area contributed by atoms with E-state index in [9.17, 15) is 9.59 Å². The van der Waals surface area contributed by atoms with Crippen LogP contribution in [0.3, 0.4) is 0 Å². The third-order valence-corrected chi connectivity index (χ3v) is 2.10. The van der Waals surface area contributed by atoms with Crippen molar-refractivity contribution in [3.8, 4) is 0 Å². The third kappa shape index (κ3) is 1.84. The number of ketones is 1. The van der Waals surface area contributed by atoms with Crippen LogP contribution in [0.1, 0.15) is 39.5 Å². The van der Waals surface area contributed by atoms with Crippen molar-refractivity contribution in [2.75, 3.05) is 0 Å². The minimum absolute atomic E-state index is 0.0751. The lowest BCUT2D eigenvalue weighted by Gasteiger charge is -2.11. The standard InChI is InChI=1S/C9H14O3/c1-3-4-5-9(6-8(9)11)12-7(2)10/h3-6H2,1-2H3. The van der Waals surface area contributed by atoms with E-state index in [0.29, 0.717) is 12.8 Å². The molecular weight excluding hydrogens is 156 g/mol. The van der Waals surface area contributed by atoms with Crippen molar-refractivity contribution in [3.05, 3.63) is 0 Å². The first-order chi connectivity index (χ1) is 5.60. The Morgan fingerprint density at radius 1 is 1.67 bits per heavy atom. The lowest BCUT2D eigenvalue weighted by atomic mass is 10.1. The van der Waals surface area contributed by atoms with Crippen molar-refractivity contribution in [1.82, 2.24) is 0 Å². The summed E-state index contributed by atoms with van der Waals surface area (Å²) in [4.78, 5) is 21.6. The van der Waals surface area contributed by atoms with Crippen molar-refractivity contribution < 1.29 is 14.3 Å². The van der Waals surface area contributed by atoms with Gasteiger partial charge in [-0.2, -0.15) is 0 Å². The molecule has 1 aliphatic rings. The molecule has 0 saturated heterocycles. The molecule has 0 aliphatic heterocycles. The van der Waals surface area contributed by atoms with Crippen molar-refractivity contribution in [3.63, 3.8) is 0 Å². The lowest BCUT2D eigenvalue weighted by Crippen LogP contribution is -2.20. The third-order valence-electron chi connectivity index (χ3n) is 2.10. The molecule has 3 heteroatoms. The maximum Gasteiger partial charge on any atom is 0.303 e. The highest BCUT2D eigenvalue weighted by atomic mass is 16.6. The van der Waals surface area contributed by atoms with E-state index in [2.05, 4.69) is 0 Å². The summed E-state index contributed by atoms with van der Waals surface area (Å²) in [7, 11) is 0. The Morgan fingerprint density at radius 3 is 2.58 bits per heavy atom.